The van der Waals surface area contributed by atoms with Gasteiger partial charge >= 0.3 is 5.97 Å². The molecule has 0 radical (unpaired) electrons. The van der Waals surface area contributed by atoms with E-state index >= 15 is 0 Å². The summed E-state index contributed by atoms with van der Waals surface area (Å²) >= 11 is 0. The molecule has 0 heterocycles. The second kappa shape index (κ2) is 18.9. The molecule has 0 bridgehead atoms. The van der Waals surface area contributed by atoms with Gasteiger partial charge in [0.15, 0.2) is 0 Å². The van der Waals surface area contributed by atoms with Crippen LogP contribution in [-0.2, 0) is 14.0 Å². The van der Waals surface area contributed by atoms with Crippen molar-refractivity contribution >= 4 is 24.7 Å². The largest absolute Gasteiger partial charge is 0.469 e. The van der Waals surface area contributed by atoms with Crippen LogP contribution in [-0.4, -0.2) is 27.5 Å². The quantitative estimate of drug-likeness (QED) is 0.0768. The van der Waals surface area contributed by atoms with Gasteiger partial charge in [-0.3, -0.25) is 4.79 Å². The molecular formula is C37H48O3Si. The van der Waals surface area contributed by atoms with E-state index in [1.165, 1.54) is 36.7 Å². The second-order valence-corrected chi connectivity index (χ2v) is 15.4. The average molecular weight is 569 g/mol. The summed E-state index contributed by atoms with van der Waals surface area (Å²) in [5.74, 6) is 12.5. The van der Waals surface area contributed by atoms with Gasteiger partial charge in [0.1, 0.15) is 0 Å². The highest BCUT2D eigenvalue weighted by Crippen LogP contribution is 2.38. The lowest BCUT2D eigenvalue weighted by molar-refractivity contribution is -0.140. The zero-order valence-electron chi connectivity index (χ0n) is 25.7. The van der Waals surface area contributed by atoms with Crippen molar-refractivity contribution in [3.8, 4) is 23.7 Å². The SMILES string of the molecule is CCCCCC#CCC#CC/C=C\C=C\C(CCCC(=O)OC)O[Si](c1ccccc1)(c1ccccc1)C(C)(C)C. The number of rotatable bonds is 14. The molecule has 218 valence electrons. The van der Waals surface area contributed by atoms with Crippen LogP contribution in [0.25, 0.3) is 0 Å². The highest BCUT2D eigenvalue weighted by molar-refractivity contribution is 6.99. The van der Waals surface area contributed by atoms with E-state index in [-0.39, 0.29) is 17.1 Å². The Morgan fingerprint density at radius 2 is 1.51 bits per heavy atom. The number of hydrogen-bond acceptors (Lipinski definition) is 3. The monoisotopic (exact) mass is 568 g/mol. The molecule has 2 rings (SSSR count). The Morgan fingerprint density at radius 3 is 2.10 bits per heavy atom. The second-order valence-electron chi connectivity index (χ2n) is 11.1. The van der Waals surface area contributed by atoms with Gasteiger partial charge in [-0.1, -0.05) is 143 Å². The maximum absolute atomic E-state index is 11.9. The Balaban J connectivity index is 2.24. The van der Waals surface area contributed by atoms with Gasteiger partial charge in [-0.05, 0) is 34.7 Å². The van der Waals surface area contributed by atoms with E-state index in [1.807, 2.05) is 6.08 Å². The molecule has 1 unspecified atom stereocenters. The number of benzene rings is 2. The van der Waals surface area contributed by atoms with E-state index < -0.39 is 8.32 Å². The maximum atomic E-state index is 11.9. The molecule has 0 fully saturated rings. The first-order valence-electron chi connectivity index (χ1n) is 15.0. The third-order valence-corrected chi connectivity index (χ3v) is 12.0. The van der Waals surface area contributed by atoms with Crippen LogP contribution in [0.5, 0.6) is 0 Å². The molecule has 2 aromatic rings. The number of unbranched alkanes of at least 4 members (excludes halogenated alkanes) is 3. The fourth-order valence-electron chi connectivity index (χ4n) is 4.85. The first-order valence-corrected chi connectivity index (χ1v) is 16.9. The number of methoxy groups -OCH3 is 1. The molecule has 41 heavy (non-hydrogen) atoms. The standard InChI is InChI=1S/C37H48O3Si/c1-6-7-8-9-10-11-12-13-14-15-16-17-20-26-33(27-25-32-36(38)39-5)40-41(37(2,3)4,34-28-21-18-22-29-34)35-30-23-19-24-31-35/h16-24,26,28-31,33H,6-9,12,15,25,27,32H2,1-5H3/b17-16-,26-20+. The van der Waals surface area contributed by atoms with Crippen LogP contribution in [0.4, 0.5) is 0 Å². The molecule has 0 saturated carbocycles. The average Bonchev–Trinajstić information content (AvgIpc) is 2.98. The first kappa shape index (κ1) is 33.9. The molecular weight excluding hydrogens is 520 g/mol. The van der Waals surface area contributed by atoms with E-state index in [2.05, 4.69) is 130 Å². The van der Waals surface area contributed by atoms with Crippen molar-refractivity contribution in [3.63, 3.8) is 0 Å². The number of carbonyl (C=O) groups is 1. The topological polar surface area (TPSA) is 35.5 Å². The van der Waals surface area contributed by atoms with E-state index in [4.69, 9.17) is 9.16 Å². The predicted octanol–water partition coefficient (Wildman–Crippen LogP) is 7.75. The van der Waals surface area contributed by atoms with Crippen molar-refractivity contribution in [1.82, 2.24) is 0 Å². The number of esters is 1. The Hall–Kier alpha value is -3.31. The van der Waals surface area contributed by atoms with Gasteiger partial charge in [-0.2, -0.15) is 0 Å². The van der Waals surface area contributed by atoms with Gasteiger partial charge in [0.25, 0.3) is 8.32 Å². The van der Waals surface area contributed by atoms with Crippen LogP contribution in [0, 0.1) is 23.7 Å². The van der Waals surface area contributed by atoms with Crippen LogP contribution in [0.15, 0.2) is 85.0 Å². The van der Waals surface area contributed by atoms with Crippen molar-refractivity contribution in [3.05, 3.63) is 85.0 Å². The van der Waals surface area contributed by atoms with E-state index in [0.717, 1.165) is 12.8 Å². The molecule has 0 saturated heterocycles. The summed E-state index contributed by atoms with van der Waals surface area (Å²) in [6.07, 6.45) is 15.8. The number of carbonyl (C=O) groups excluding carboxylic acids is 1. The summed E-state index contributed by atoms with van der Waals surface area (Å²) in [7, 11) is -1.29. The summed E-state index contributed by atoms with van der Waals surface area (Å²) in [6, 6.07) is 21.3. The predicted molar refractivity (Wildman–Crippen MR) is 176 cm³/mol. The highest BCUT2D eigenvalue weighted by atomic mass is 28.4. The molecule has 4 heteroatoms. The normalized spacial score (nSPS) is 12.4. The molecule has 0 aromatic heterocycles. The molecule has 0 aliphatic carbocycles. The Bertz CT molecular complexity index is 1160. The Kier molecular flexibility index (Phi) is 15.6. The van der Waals surface area contributed by atoms with Crippen LogP contribution in [0.2, 0.25) is 5.04 Å². The molecule has 2 aromatic carbocycles. The van der Waals surface area contributed by atoms with Gasteiger partial charge < -0.3 is 9.16 Å². The molecule has 0 aliphatic rings. The van der Waals surface area contributed by atoms with Crippen molar-refractivity contribution in [2.24, 2.45) is 0 Å². The number of hydrogen-bond donors (Lipinski definition) is 0. The molecule has 3 nitrogen and oxygen atoms in total. The summed E-state index contributed by atoms with van der Waals surface area (Å²) in [4.78, 5) is 11.9. The molecule has 0 amide bonds. The van der Waals surface area contributed by atoms with E-state index in [9.17, 15) is 4.79 Å². The Morgan fingerprint density at radius 1 is 0.878 bits per heavy atom. The van der Waals surface area contributed by atoms with Gasteiger partial charge in [0, 0.05) is 19.3 Å². The molecule has 0 N–H and O–H groups in total. The van der Waals surface area contributed by atoms with Crippen molar-refractivity contribution in [1.29, 1.82) is 0 Å². The highest BCUT2D eigenvalue weighted by Gasteiger charge is 2.51. The minimum atomic E-state index is -2.73. The van der Waals surface area contributed by atoms with Crippen LogP contribution >= 0.6 is 0 Å². The summed E-state index contributed by atoms with van der Waals surface area (Å²) in [6.45, 7) is 9.05. The van der Waals surface area contributed by atoms with Crippen molar-refractivity contribution in [2.75, 3.05) is 7.11 Å². The summed E-state index contributed by atoms with van der Waals surface area (Å²) < 4.78 is 12.2. The van der Waals surface area contributed by atoms with Crippen LogP contribution in [0.3, 0.4) is 0 Å². The lowest BCUT2D eigenvalue weighted by Crippen LogP contribution is -2.67. The fourth-order valence-corrected chi connectivity index (χ4v) is 9.51. The van der Waals surface area contributed by atoms with Gasteiger partial charge in [-0.15, -0.1) is 5.92 Å². The van der Waals surface area contributed by atoms with E-state index in [0.29, 0.717) is 25.7 Å². The molecule has 0 aliphatic heterocycles. The van der Waals surface area contributed by atoms with E-state index in [1.54, 1.807) is 0 Å². The van der Waals surface area contributed by atoms with Crippen LogP contribution in [0.1, 0.15) is 85.5 Å². The number of allylic oxidation sites excluding steroid dienone is 3. The van der Waals surface area contributed by atoms with Gasteiger partial charge in [0.05, 0.1) is 19.6 Å². The number of ether oxygens (including phenoxy) is 1. The first-order chi connectivity index (χ1) is 19.8. The van der Waals surface area contributed by atoms with Gasteiger partial charge in [0.2, 0.25) is 0 Å². The lowest BCUT2D eigenvalue weighted by Gasteiger charge is -2.44. The molecule has 0 spiro atoms. The zero-order chi connectivity index (χ0) is 29.8. The smallest absolute Gasteiger partial charge is 0.305 e. The minimum Gasteiger partial charge on any atom is -0.469 e. The maximum Gasteiger partial charge on any atom is 0.305 e. The fraction of sp³-hybridized carbons (Fsp3) is 0.432. The molecule has 1 atom stereocenters. The van der Waals surface area contributed by atoms with Crippen molar-refractivity contribution < 1.29 is 14.0 Å². The van der Waals surface area contributed by atoms with Gasteiger partial charge in [-0.25, -0.2) is 0 Å². The third kappa shape index (κ3) is 11.6. The minimum absolute atomic E-state index is 0.130. The van der Waals surface area contributed by atoms with Crippen molar-refractivity contribution in [2.45, 2.75) is 96.6 Å². The Labute approximate surface area is 250 Å². The van der Waals surface area contributed by atoms with Crippen LogP contribution < -0.4 is 10.4 Å². The third-order valence-electron chi connectivity index (χ3n) is 6.97. The summed E-state index contributed by atoms with van der Waals surface area (Å²) in [5, 5.41) is 2.35. The lowest BCUT2D eigenvalue weighted by atomic mass is 10.1. The summed E-state index contributed by atoms with van der Waals surface area (Å²) in [5.41, 5.74) is 0. The zero-order valence-corrected chi connectivity index (χ0v) is 26.7.